The van der Waals surface area contributed by atoms with Gasteiger partial charge in [-0.3, -0.25) is 14.4 Å². The molecular formula is C21H29N3O4. The maximum atomic E-state index is 13.2. The molecule has 0 aliphatic carbocycles. The van der Waals surface area contributed by atoms with E-state index >= 15 is 0 Å². The molecule has 1 N–H and O–H groups in total. The third-order valence-corrected chi connectivity index (χ3v) is 5.58. The van der Waals surface area contributed by atoms with Gasteiger partial charge in [0.1, 0.15) is 6.04 Å². The Morgan fingerprint density at radius 2 is 1.68 bits per heavy atom. The summed E-state index contributed by atoms with van der Waals surface area (Å²) in [5.41, 5.74) is 0.542. The Labute approximate surface area is 166 Å². The Balaban J connectivity index is 1.72. The summed E-state index contributed by atoms with van der Waals surface area (Å²) in [6.07, 6.45) is 1.91. The van der Waals surface area contributed by atoms with Crippen molar-refractivity contribution in [3.8, 4) is 0 Å². The number of nitrogens with zero attached hydrogens (tertiary/aromatic N) is 2. The van der Waals surface area contributed by atoms with Gasteiger partial charge in [0.05, 0.1) is 13.2 Å². The van der Waals surface area contributed by atoms with Crippen LogP contribution in [-0.4, -0.2) is 73.0 Å². The molecule has 2 aliphatic rings. The first kappa shape index (κ1) is 20.3. The number of rotatable bonds is 5. The molecule has 0 spiro atoms. The van der Waals surface area contributed by atoms with Crippen molar-refractivity contribution in [3.05, 3.63) is 35.9 Å². The Bertz CT molecular complexity index is 680. The number of benzene rings is 1. The molecule has 0 radical (unpaired) electrons. The molecule has 3 rings (SSSR count). The minimum absolute atomic E-state index is 0.0175. The molecule has 1 aromatic rings. The van der Waals surface area contributed by atoms with Gasteiger partial charge in [-0.25, -0.2) is 0 Å². The Morgan fingerprint density at radius 3 is 2.29 bits per heavy atom. The van der Waals surface area contributed by atoms with Crippen molar-refractivity contribution in [2.24, 2.45) is 5.92 Å². The van der Waals surface area contributed by atoms with Gasteiger partial charge in [0, 0.05) is 38.2 Å². The van der Waals surface area contributed by atoms with Gasteiger partial charge in [0.25, 0.3) is 5.91 Å². The molecule has 152 valence electrons. The van der Waals surface area contributed by atoms with E-state index in [0.717, 1.165) is 0 Å². The van der Waals surface area contributed by atoms with Gasteiger partial charge in [0.2, 0.25) is 11.8 Å². The molecule has 28 heavy (non-hydrogen) atoms. The second kappa shape index (κ2) is 9.68. The largest absolute Gasteiger partial charge is 0.378 e. The van der Waals surface area contributed by atoms with Crippen LogP contribution >= 0.6 is 0 Å². The van der Waals surface area contributed by atoms with Crippen LogP contribution in [0, 0.1) is 5.92 Å². The van der Waals surface area contributed by atoms with E-state index in [4.69, 9.17) is 4.74 Å². The van der Waals surface area contributed by atoms with E-state index < -0.39 is 6.04 Å². The Morgan fingerprint density at radius 1 is 1.04 bits per heavy atom. The van der Waals surface area contributed by atoms with Crippen LogP contribution in [0.15, 0.2) is 30.3 Å². The summed E-state index contributed by atoms with van der Waals surface area (Å²) in [5.74, 6) is -0.126. The molecule has 0 saturated carbocycles. The molecule has 0 bridgehead atoms. The number of piperidine rings is 1. The maximum absolute atomic E-state index is 13.2. The lowest BCUT2D eigenvalue weighted by Gasteiger charge is -2.38. The van der Waals surface area contributed by atoms with Crippen molar-refractivity contribution in [2.45, 2.75) is 32.2 Å². The smallest absolute Gasteiger partial charge is 0.251 e. The molecule has 1 unspecified atom stereocenters. The summed E-state index contributed by atoms with van der Waals surface area (Å²) in [5, 5.41) is 2.98. The fraction of sp³-hybridized carbons (Fsp3) is 0.571. The number of likely N-dealkylation sites (tertiary alicyclic amines) is 1. The van der Waals surface area contributed by atoms with E-state index in [1.807, 2.05) is 30.0 Å². The van der Waals surface area contributed by atoms with Crippen LogP contribution in [0.4, 0.5) is 0 Å². The number of amides is 3. The minimum Gasteiger partial charge on any atom is -0.378 e. The van der Waals surface area contributed by atoms with Gasteiger partial charge in [0.15, 0.2) is 0 Å². The number of nitrogens with one attached hydrogen (secondary N) is 1. The Hall–Kier alpha value is -2.41. The minimum atomic E-state index is -0.579. The molecular weight excluding hydrogens is 358 g/mol. The van der Waals surface area contributed by atoms with Crippen LogP contribution < -0.4 is 5.32 Å². The summed E-state index contributed by atoms with van der Waals surface area (Å²) < 4.78 is 5.35. The van der Waals surface area contributed by atoms with Crippen molar-refractivity contribution < 1.29 is 19.1 Å². The van der Waals surface area contributed by atoms with E-state index in [1.54, 1.807) is 17.0 Å². The van der Waals surface area contributed by atoms with Crippen molar-refractivity contribution >= 4 is 17.7 Å². The van der Waals surface area contributed by atoms with E-state index in [-0.39, 0.29) is 23.6 Å². The molecule has 7 heteroatoms. The third-order valence-electron chi connectivity index (χ3n) is 5.58. The normalized spacial score (nSPS) is 19.2. The first-order chi connectivity index (χ1) is 13.6. The second-order valence-corrected chi connectivity index (χ2v) is 7.33. The SMILES string of the molecule is CCC(=O)N1CCC(C(NC(=O)c2ccccc2)C(=O)N2CCOCC2)CC1. The number of hydrogen-bond donors (Lipinski definition) is 1. The van der Waals surface area contributed by atoms with Gasteiger partial charge < -0.3 is 19.9 Å². The molecule has 2 saturated heterocycles. The number of carbonyl (C=O) groups excluding carboxylic acids is 3. The molecule has 2 fully saturated rings. The lowest BCUT2D eigenvalue weighted by Crippen LogP contribution is -2.56. The fourth-order valence-corrected chi connectivity index (χ4v) is 3.88. The van der Waals surface area contributed by atoms with Crippen molar-refractivity contribution in [3.63, 3.8) is 0 Å². The molecule has 2 heterocycles. The van der Waals surface area contributed by atoms with E-state index in [2.05, 4.69) is 5.32 Å². The van der Waals surface area contributed by atoms with Crippen LogP contribution in [-0.2, 0) is 14.3 Å². The zero-order valence-electron chi connectivity index (χ0n) is 16.4. The van der Waals surface area contributed by atoms with Crippen molar-refractivity contribution in [1.82, 2.24) is 15.1 Å². The monoisotopic (exact) mass is 387 g/mol. The zero-order valence-corrected chi connectivity index (χ0v) is 16.4. The molecule has 1 atom stereocenters. The number of morpholine rings is 1. The molecule has 3 amide bonds. The summed E-state index contributed by atoms with van der Waals surface area (Å²) in [6.45, 7) is 5.26. The van der Waals surface area contributed by atoms with Crippen LogP contribution in [0.2, 0.25) is 0 Å². The number of carbonyl (C=O) groups is 3. The zero-order chi connectivity index (χ0) is 19.9. The van der Waals surface area contributed by atoms with Crippen LogP contribution in [0.5, 0.6) is 0 Å². The van der Waals surface area contributed by atoms with E-state index in [0.29, 0.717) is 64.2 Å². The number of hydrogen-bond acceptors (Lipinski definition) is 4. The predicted molar refractivity (Wildman–Crippen MR) is 105 cm³/mol. The van der Waals surface area contributed by atoms with Gasteiger partial charge in [-0.2, -0.15) is 0 Å². The molecule has 2 aliphatic heterocycles. The van der Waals surface area contributed by atoms with Gasteiger partial charge in [-0.1, -0.05) is 25.1 Å². The number of ether oxygens (including phenoxy) is 1. The summed E-state index contributed by atoms with van der Waals surface area (Å²) in [4.78, 5) is 41.5. The Kier molecular flexibility index (Phi) is 7.03. The summed E-state index contributed by atoms with van der Waals surface area (Å²) in [7, 11) is 0. The summed E-state index contributed by atoms with van der Waals surface area (Å²) >= 11 is 0. The van der Waals surface area contributed by atoms with Crippen LogP contribution in [0.25, 0.3) is 0 Å². The van der Waals surface area contributed by atoms with Gasteiger partial charge in [-0.05, 0) is 30.9 Å². The lowest BCUT2D eigenvalue weighted by molar-refractivity contribution is -0.139. The quantitative estimate of drug-likeness (QED) is 0.826. The highest BCUT2D eigenvalue weighted by Gasteiger charge is 2.36. The average molecular weight is 387 g/mol. The predicted octanol–water partition coefficient (Wildman–Crippen LogP) is 1.29. The highest BCUT2D eigenvalue weighted by molar-refractivity contribution is 5.97. The first-order valence-electron chi connectivity index (χ1n) is 10.1. The highest BCUT2D eigenvalue weighted by Crippen LogP contribution is 2.23. The lowest BCUT2D eigenvalue weighted by atomic mass is 9.88. The maximum Gasteiger partial charge on any atom is 0.251 e. The van der Waals surface area contributed by atoms with Crippen molar-refractivity contribution in [2.75, 3.05) is 39.4 Å². The molecule has 7 nitrogen and oxygen atoms in total. The average Bonchev–Trinajstić information content (AvgIpc) is 2.77. The van der Waals surface area contributed by atoms with E-state index in [1.165, 1.54) is 0 Å². The van der Waals surface area contributed by atoms with E-state index in [9.17, 15) is 14.4 Å². The topological polar surface area (TPSA) is 79.0 Å². The van der Waals surface area contributed by atoms with Crippen LogP contribution in [0.3, 0.4) is 0 Å². The molecule has 1 aromatic carbocycles. The fourth-order valence-electron chi connectivity index (χ4n) is 3.88. The first-order valence-corrected chi connectivity index (χ1v) is 10.1. The second-order valence-electron chi connectivity index (χ2n) is 7.33. The molecule has 0 aromatic heterocycles. The standard InChI is InChI=1S/C21H29N3O4/c1-2-18(25)23-10-8-16(9-11-23)19(21(27)24-12-14-28-15-13-24)22-20(26)17-6-4-3-5-7-17/h3-7,16,19H,2,8-15H2,1H3,(H,22,26). The van der Waals surface area contributed by atoms with Crippen LogP contribution in [0.1, 0.15) is 36.5 Å². The van der Waals surface area contributed by atoms with Crippen molar-refractivity contribution in [1.29, 1.82) is 0 Å². The van der Waals surface area contributed by atoms with Gasteiger partial charge in [-0.15, -0.1) is 0 Å². The highest BCUT2D eigenvalue weighted by atomic mass is 16.5. The van der Waals surface area contributed by atoms with Gasteiger partial charge >= 0.3 is 0 Å². The third kappa shape index (κ3) is 4.90. The summed E-state index contributed by atoms with van der Waals surface area (Å²) in [6, 6.07) is 8.38.